The third-order valence-electron chi connectivity index (χ3n) is 5.52. The second-order valence-electron chi connectivity index (χ2n) is 7.58. The summed E-state index contributed by atoms with van der Waals surface area (Å²) in [5.41, 5.74) is -4.73. The monoisotopic (exact) mass is 505 g/mol. The van der Waals surface area contributed by atoms with Gasteiger partial charge in [-0.25, -0.2) is 9.67 Å². The van der Waals surface area contributed by atoms with Gasteiger partial charge in [-0.1, -0.05) is 6.07 Å². The van der Waals surface area contributed by atoms with Crippen LogP contribution in [0.15, 0.2) is 66.0 Å². The van der Waals surface area contributed by atoms with Gasteiger partial charge in [-0.2, -0.15) is 31.4 Å². The molecule has 4 aromatic heterocycles. The number of benzene rings is 1. The predicted molar refractivity (Wildman–Crippen MR) is 116 cm³/mol. The number of halogens is 6. The van der Waals surface area contributed by atoms with Crippen molar-refractivity contribution in [2.45, 2.75) is 12.4 Å². The van der Waals surface area contributed by atoms with Gasteiger partial charge in [0.25, 0.3) is 0 Å². The van der Waals surface area contributed by atoms with Crippen molar-refractivity contribution in [1.82, 2.24) is 24.3 Å². The van der Waals surface area contributed by atoms with Crippen molar-refractivity contribution >= 4 is 21.7 Å². The summed E-state index contributed by atoms with van der Waals surface area (Å²) in [5.74, 6) is 0.189. The molecular formula is C23H13F6N5O2. The van der Waals surface area contributed by atoms with Gasteiger partial charge < -0.3 is 9.30 Å². The molecule has 0 radical (unpaired) electrons. The molecule has 0 aliphatic heterocycles. The van der Waals surface area contributed by atoms with E-state index in [1.165, 1.54) is 31.5 Å². The number of rotatable bonds is 3. The zero-order chi connectivity index (χ0) is 25.8. The number of fused-ring (bicyclic) bond motifs is 2. The summed E-state index contributed by atoms with van der Waals surface area (Å²) < 4.78 is 90.5. The Labute approximate surface area is 197 Å². The maximum Gasteiger partial charge on any atom is 0.435 e. The summed E-state index contributed by atoms with van der Waals surface area (Å²) in [4.78, 5) is 19.6. The lowest BCUT2D eigenvalue weighted by atomic mass is 10.1. The molecule has 5 rings (SSSR count). The van der Waals surface area contributed by atoms with Crippen molar-refractivity contribution in [2.75, 3.05) is 7.11 Å². The third kappa shape index (κ3) is 3.63. The first-order valence-electron chi connectivity index (χ1n) is 10.2. The number of pyridine rings is 3. The van der Waals surface area contributed by atoms with E-state index in [2.05, 4.69) is 15.1 Å². The molecule has 0 aliphatic rings. The van der Waals surface area contributed by atoms with E-state index in [-0.39, 0.29) is 11.6 Å². The summed E-state index contributed by atoms with van der Waals surface area (Å²) in [6.45, 7) is 0. The fraction of sp³-hybridized carbons (Fsp3) is 0.130. The minimum atomic E-state index is -5.00. The topological polar surface area (TPSA) is 74.8 Å². The Morgan fingerprint density at radius 1 is 0.861 bits per heavy atom. The van der Waals surface area contributed by atoms with Crippen LogP contribution in [0.25, 0.3) is 33.1 Å². The molecular weight excluding hydrogens is 492 g/mol. The first-order chi connectivity index (χ1) is 17.0. The Balaban J connectivity index is 1.84. The molecule has 5 aromatic rings. The van der Waals surface area contributed by atoms with Crippen LogP contribution >= 0.6 is 0 Å². The van der Waals surface area contributed by atoms with Crippen LogP contribution in [-0.4, -0.2) is 31.4 Å². The summed E-state index contributed by atoms with van der Waals surface area (Å²) in [6.07, 6.45) is -5.99. The standard InChI is InChI=1S/C23H13F6N5O2/c1-36-21-13-3-2-4-14(12(13)5-8-31-21)34-20(23(27,28)29)16(11-32-34)33-10-7-17(35)18-15(33)6-9-30-19(18)22(24,25)26/h2-11H,1H3. The van der Waals surface area contributed by atoms with Gasteiger partial charge in [0.2, 0.25) is 5.88 Å². The number of methoxy groups -OCH3 is 1. The number of ether oxygens (including phenoxy) is 1. The Hall–Kier alpha value is -4.42. The first-order valence-corrected chi connectivity index (χ1v) is 10.2. The predicted octanol–water partition coefficient (Wildman–Crippen LogP) is 5.17. The van der Waals surface area contributed by atoms with Crippen molar-refractivity contribution in [1.29, 1.82) is 0 Å². The van der Waals surface area contributed by atoms with Crippen LogP contribution in [0, 0.1) is 0 Å². The molecule has 0 saturated heterocycles. The van der Waals surface area contributed by atoms with Gasteiger partial charge in [-0.05, 0) is 24.3 Å². The largest absolute Gasteiger partial charge is 0.481 e. The minimum absolute atomic E-state index is 0.0368. The van der Waals surface area contributed by atoms with E-state index in [4.69, 9.17) is 4.74 Å². The number of nitrogens with zero attached hydrogens (tertiary/aromatic N) is 5. The molecule has 13 heteroatoms. The van der Waals surface area contributed by atoms with E-state index < -0.39 is 45.8 Å². The van der Waals surface area contributed by atoms with Crippen LogP contribution in [0.3, 0.4) is 0 Å². The van der Waals surface area contributed by atoms with Crippen molar-refractivity contribution in [3.8, 4) is 17.3 Å². The van der Waals surface area contributed by atoms with E-state index in [1.54, 1.807) is 6.07 Å². The normalized spacial score (nSPS) is 12.4. The smallest absolute Gasteiger partial charge is 0.435 e. The molecule has 0 bridgehead atoms. The average molecular weight is 505 g/mol. The summed E-state index contributed by atoms with van der Waals surface area (Å²) in [7, 11) is 1.37. The van der Waals surface area contributed by atoms with E-state index in [9.17, 15) is 31.1 Å². The van der Waals surface area contributed by atoms with Crippen molar-refractivity contribution in [3.05, 3.63) is 82.8 Å². The number of alkyl halides is 6. The van der Waals surface area contributed by atoms with Gasteiger partial charge in [-0.3, -0.25) is 9.78 Å². The highest BCUT2D eigenvalue weighted by Gasteiger charge is 2.41. The molecule has 7 nitrogen and oxygen atoms in total. The fourth-order valence-corrected chi connectivity index (χ4v) is 4.10. The highest BCUT2D eigenvalue weighted by molar-refractivity contribution is 5.93. The number of hydrogen-bond acceptors (Lipinski definition) is 5. The van der Waals surface area contributed by atoms with Gasteiger partial charge in [-0.15, -0.1) is 0 Å². The molecule has 4 heterocycles. The molecule has 0 N–H and O–H groups in total. The number of hydrogen-bond donors (Lipinski definition) is 0. The van der Waals surface area contributed by atoms with Gasteiger partial charge in [0.1, 0.15) is 0 Å². The molecule has 0 unspecified atom stereocenters. The second-order valence-corrected chi connectivity index (χ2v) is 7.58. The van der Waals surface area contributed by atoms with Crippen LogP contribution < -0.4 is 10.2 Å². The van der Waals surface area contributed by atoms with Crippen LogP contribution in [-0.2, 0) is 12.4 Å². The Kier molecular flexibility index (Phi) is 5.23. The molecule has 184 valence electrons. The molecule has 1 aromatic carbocycles. The SMILES string of the molecule is COc1nccc2c(-n3ncc(-n4ccc(=O)c5c(C(F)(F)F)nccc54)c3C(F)(F)F)cccc12. The Bertz CT molecular complexity index is 1690. The van der Waals surface area contributed by atoms with E-state index >= 15 is 0 Å². The zero-order valence-corrected chi connectivity index (χ0v) is 18.1. The zero-order valence-electron chi connectivity index (χ0n) is 18.1. The summed E-state index contributed by atoms with van der Waals surface area (Å²) in [6, 6.07) is 7.81. The van der Waals surface area contributed by atoms with Gasteiger partial charge in [0.05, 0.1) is 35.6 Å². The van der Waals surface area contributed by atoms with Gasteiger partial charge >= 0.3 is 12.4 Å². The van der Waals surface area contributed by atoms with E-state index in [0.717, 1.165) is 35.3 Å². The average Bonchev–Trinajstić information content (AvgIpc) is 3.28. The van der Waals surface area contributed by atoms with Crippen molar-refractivity contribution < 1.29 is 31.1 Å². The van der Waals surface area contributed by atoms with Crippen molar-refractivity contribution in [2.24, 2.45) is 0 Å². The van der Waals surface area contributed by atoms with Crippen LogP contribution in [0.1, 0.15) is 11.4 Å². The maximum absolute atomic E-state index is 14.4. The third-order valence-corrected chi connectivity index (χ3v) is 5.52. The minimum Gasteiger partial charge on any atom is -0.481 e. The van der Waals surface area contributed by atoms with Gasteiger partial charge in [0.15, 0.2) is 16.8 Å². The van der Waals surface area contributed by atoms with Gasteiger partial charge in [0, 0.05) is 35.4 Å². The molecule has 36 heavy (non-hydrogen) atoms. The molecule has 0 amide bonds. The summed E-state index contributed by atoms with van der Waals surface area (Å²) in [5, 5.41) is 3.85. The van der Waals surface area contributed by atoms with Crippen LogP contribution in [0.4, 0.5) is 26.3 Å². The van der Waals surface area contributed by atoms with Crippen molar-refractivity contribution in [3.63, 3.8) is 0 Å². The first kappa shape index (κ1) is 23.3. The maximum atomic E-state index is 14.4. The molecule has 0 fully saturated rings. The molecule has 0 aliphatic carbocycles. The highest BCUT2D eigenvalue weighted by Crippen LogP contribution is 2.39. The quantitative estimate of drug-likeness (QED) is 0.317. The van der Waals surface area contributed by atoms with Crippen LogP contribution in [0.5, 0.6) is 5.88 Å². The second kappa shape index (κ2) is 8.07. The summed E-state index contributed by atoms with van der Waals surface area (Å²) >= 11 is 0. The van der Waals surface area contributed by atoms with E-state index in [0.29, 0.717) is 15.5 Å². The lowest BCUT2D eigenvalue weighted by molar-refractivity contribution is -0.143. The lowest BCUT2D eigenvalue weighted by Crippen LogP contribution is -2.19. The highest BCUT2D eigenvalue weighted by atomic mass is 19.4. The fourth-order valence-electron chi connectivity index (χ4n) is 4.10. The lowest BCUT2D eigenvalue weighted by Gasteiger charge is -2.17. The number of aromatic nitrogens is 5. The molecule has 0 spiro atoms. The molecule has 0 atom stereocenters. The van der Waals surface area contributed by atoms with E-state index in [1.807, 2.05) is 0 Å². The molecule has 0 saturated carbocycles. The Morgan fingerprint density at radius 3 is 2.31 bits per heavy atom. The Morgan fingerprint density at radius 2 is 1.61 bits per heavy atom. The van der Waals surface area contributed by atoms with Crippen LogP contribution in [0.2, 0.25) is 0 Å².